The summed E-state index contributed by atoms with van der Waals surface area (Å²) in [5.74, 6) is 0.189. The lowest BCUT2D eigenvalue weighted by Crippen LogP contribution is -2.32. The highest BCUT2D eigenvalue weighted by molar-refractivity contribution is 7.98. The van der Waals surface area contributed by atoms with Crippen molar-refractivity contribution in [2.45, 2.75) is 42.0 Å². The maximum Gasteiger partial charge on any atom is 0.243 e. The first-order valence-electron chi connectivity index (χ1n) is 11.1. The quantitative estimate of drug-likeness (QED) is 0.533. The fraction of sp³-hybridized carbons (Fsp3) is 0.458. The molecule has 9 heteroatoms. The Kier molecular flexibility index (Phi) is 9.19. The molecule has 0 saturated carbocycles. The lowest BCUT2D eigenvalue weighted by molar-refractivity contribution is -0.117. The van der Waals surface area contributed by atoms with E-state index in [4.69, 9.17) is 4.74 Å². The second-order valence-corrected chi connectivity index (χ2v) is 11.1. The van der Waals surface area contributed by atoms with Crippen molar-refractivity contribution in [3.8, 4) is 5.75 Å². The van der Waals surface area contributed by atoms with Crippen LogP contribution < -0.4 is 10.1 Å². The van der Waals surface area contributed by atoms with Gasteiger partial charge in [-0.25, -0.2) is 8.42 Å². The molecule has 2 aromatic rings. The fourth-order valence-corrected chi connectivity index (χ4v) is 5.86. The number of hydrogen-bond acceptors (Lipinski definition) is 6. The predicted molar refractivity (Wildman–Crippen MR) is 133 cm³/mol. The molecule has 0 radical (unpaired) electrons. The lowest BCUT2D eigenvalue weighted by atomic mass is 10.2. The average molecular weight is 492 g/mol. The van der Waals surface area contributed by atoms with Gasteiger partial charge in [0.2, 0.25) is 15.9 Å². The van der Waals surface area contributed by atoms with Crippen molar-refractivity contribution in [1.82, 2.24) is 9.21 Å². The smallest absolute Gasteiger partial charge is 0.243 e. The van der Waals surface area contributed by atoms with Gasteiger partial charge in [-0.15, -0.1) is 11.8 Å². The van der Waals surface area contributed by atoms with Gasteiger partial charge >= 0.3 is 0 Å². The maximum absolute atomic E-state index is 13.2. The Labute approximate surface area is 201 Å². The Bertz CT molecular complexity index is 1030. The Balaban J connectivity index is 1.69. The number of ether oxygens (including phenoxy) is 1. The highest BCUT2D eigenvalue weighted by atomic mass is 32.2. The predicted octanol–water partition coefficient (Wildman–Crippen LogP) is 4.05. The van der Waals surface area contributed by atoms with Crippen molar-refractivity contribution in [3.63, 3.8) is 0 Å². The largest absolute Gasteiger partial charge is 0.495 e. The maximum atomic E-state index is 13.2. The lowest BCUT2D eigenvalue weighted by Gasteiger charge is -2.21. The Morgan fingerprint density at radius 1 is 1.09 bits per heavy atom. The van der Waals surface area contributed by atoms with E-state index < -0.39 is 10.0 Å². The highest BCUT2D eigenvalue weighted by Gasteiger charge is 2.26. The van der Waals surface area contributed by atoms with E-state index in [1.165, 1.54) is 18.1 Å². The van der Waals surface area contributed by atoms with Crippen molar-refractivity contribution in [1.29, 1.82) is 0 Å². The Morgan fingerprint density at radius 3 is 2.36 bits per heavy atom. The molecule has 0 aromatic heterocycles. The minimum atomic E-state index is -3.62. The van der Waals surface area contributed by atoms with Gasteiger partial charge in [-0.05, 0) is 62.0 Å². The van der Waals surface area contributed by atoms with Crippen LogP contribution in [0.3, 0.4) is 0 Å². The van der Waals surface area contributed by atoms with Gasteiger partial charge in [0.25, 0.3) is 0 Å². The minimum absolute atomic E-state index is 0.163. The molecule has 1 heterocycles. The molecule has 180 valence electrons. The van der Waals surface area contributed by atoms with Gasteiger partial charge in [-0.1, -0.05) is 25.0 Å². The molecule has 0 spiro atoms. The molecule has 1 amide bonds. The molecule has 1 fully saturated rings. The van der Waals surface area contributed by atoms with Gasteiger partial charge in [0.1, 0.15) is 5.75 Å². The molecule has 1 saturated heterocycles. The molecule has 0 atom stereocenters. The third-order valence-corrected chi connectivity index (χ3v) is 8.31. The van der Waals surface area contributed by atoms with Crippen LogP contribution >= 0.6 is 11.8 Å². The number of anilines is 1. The van der Waals surface area contributed by atoms with Gasteiger partial charge in [0.05, 0.1) is 24.2 Å². The first kappa shape index (κ1) is 25.6. The summed E-state index contributed by atoms with van der Waals surface area (Å²) >= 11 is 1.69. The van der Waals surface area contributed by atoms with Crippen LogP contribution in [0.1, 0.15) is 31.2 Å². The summed E-state index contributed by atoms with van der Waals surface area (Å²) in [6, 6.07) is 12.9. The fourth-order valence-electron chi connectivity index (χ4n) is 3.91. The van der Waals surface area contributed by atoms with E-state index >= 15 is 0 Å². The van der Waals surface area contributed by atoms with Crippen LogP contribution in [0.25, 0.3) is 0 Å². The van der Waals surface area contributed by atoms with Crippen molar-refractivity contribution in [3.05, 3.63) is 48.0 Å². The van der Waals surface area contributed by atoms with Gasteiger partial charge in [-0.3, -0.25) is 9.69 Å². The van der Waals surface area contributed by atoms with E-state index in [9.17, 15) is 13.2 Å². The highest BCUT2D eigenvalue weighted by Crippen LogP contribution is 2.30. The second kappa shape index (κ2) is 11.9. The van der Waals surface area contributed by atoms with Gasteiger partial charge in [0.15, 0.2) is 0 Å². The first-order valence-corrected chi connectivity index (χ1v) is 13.8. The van der Waals surface area contributed by atoms with Crippen molar-refractivity contribution < 1.29 is 17.9 Å². The summed E-state index contributed by atoms with van der Waals surface area (Å²) in [6.45, 7) is 1.84. The number of thioether (sulfide) groups is 1. The third-order valence-electron chi connectivity index (χ3n) is 5.67. The minimum Gasteiger partial charge on any atom is -0.495 e. The molecule has 1 aliphatic heterocycles. The number of methoxy groups -OCH3 is 1. The standard InChI is InChI=1S/C24H33N3O4S2/c1-26(17-19-8-10-20(32-3)11-9-19)18-24(28)25-22-16-21(12-13-23(22)31-2)33(29,30)27-14-6-4-5-7-15-27/h8-13,16H,4-7,14-15,17-18H2,1-3H3,(H,25,28). The summed E-state index contributed by atoms with van der Waals surface area (Å²) in [5, 5.41) is 2.83. The molecule has 33 heavy (non-hydrogen) atoms. The number of nitrogens with zero attached hydrogens (tertiary/aromatic N) is 2. The van der Waals surface area contributed by atoms with Crippen LogP contribution in [0, 0.1) is 0 Å². The summed E-state index contributed by atoms with van der Waals surface area (Å²) in [4.78, 5) is 16.0. The van der Waals surface area contributed by atoms with Crippen molar-refractivity contribution >= 4 is 33.4 Å². The van der Waals surface area contributed by atoms with E-state index in [0.29, 0.717) is 31.1 Å². The number of hydrogen-bond donors (Lipinski definition) is 1. The zero-order valence-electron chi connectivity index (χ0n) is 19.5. The zero-order valence-corrected chi connectivity index (χ0v) is 21.2. The van der Waals surface area contributed by atoms with E-state index in [1.54, 1.807) is 28.2 Å². The summed E-state index contributed by atoms with van der Waals surface area (Å²) in [5.41, 5.74) is 1.47. The van der Waals surface area contributed by atoms with Crippen LogP contribution in [-0.4, -0.2) is 63.6 Å². The van der Waals surface area contributed by atoms with Gasteiger partial charge in [-0.2, -0.15) is 4.31 Å². The number of carbonyl (C=O) groups excluding carboxylic acids is 1. The molecular formula is C24H33N3O4S2. The van der Waals surface area contributed by atoms with Crippen LogP contribution in [-0.2, 0) is 21.4 Å². The van der Waals surface area contributed by atoms with Crippen LogP contribution in [0.4, 0.5) is 5.69 Å². The van der Waals surface area contributed by atoms with E-state index in [1.807, 2.05) is 18.2 Å². The number of benzene rings is 2. The third kappa shape index (κ3) is 6.96. The first-order chi connectivity index (χ1) is 15.8. The van der Waals surface area contributed by atoms with E-state index in [2.05, 4.69) is 29.6 Å². The summed E-state index contributed by atoms with van der Waals surface area (Å²) < 4.78 is 33.2. The average Bonchev–Trinajstić information content (AvgIpc) is 3.09. The van der Waals surface area contributed by atoms with E-state index in [-0.39, 0.29) is 17.3 Å². The van der Waals surface area contributed by atoms with Crippen molar-refractivity contribution in [2.75, 3.05) is 45.4 Å². The summed E-state index contributed by atoms with van der Waals surface area (Å²) in [6.07, 6.45) is 5.86. The molecular weight excluding hydrogens is 458 g/mol. The molecule has 2 aromatic carbocycles. The normalized spacial score (nSPS) is 15.3. The van der Waals surface area contributed by atoms with Gasteiger partial charge < -0.3 is 10.1 Å². The topological polar surface area (TPSA) is 79.0 Å². The molecule has 3 rings (SSSR count). The molecule has 0 aliphatic carbocycles. The number of rotatable bonds is 9. The molecule has 0 unspecified atom stereocenters. The number of likely N-dealkylation sites (N-methyl/N-ethyl adjacent to an activating group) is 1. The number of sulfonamides is 1. The Hall–Kier alpha value is -2.07. The van der Waals surface area contributed by atoms with Crippen molar-refractivity contribution in [2.24, 2.45) is 0 Å². The van der Waals surface area contributed by atoms with E-state index in [0.717, 1.165) is 31.2 Å². The molecule has 0 bridgehead atoms. The SMILES string of the molecule is COc1ccc(S(=O)(=O)N2CCCCCC2)cc1NC(=O)CN(C)Cc1ccc(SC)cc1. The monoisotopic (exact) mass is 491 g/mol. The Morgan fingerprint density at radius 2 is 1.76 bits per heavy atom. The number of amides is 1. The second-order valence-electron chi connectivity index (χ2n) is 8.25. The number of nitrogens with one attached hydrogen (secondary N) is 1. The van der Waals surface area contributed by atoms with Crippen LogP contribution in [0.5, 0.6) is 5.75 Å². The number of carbonyl (C=O) groups is 1. The van der Waals surface area contributed by atoms with Crippen LogP contribution in [0.15, 0.2) is 52.3 Å². The molecule has 1 aliphatic rings. The van der Waals surface area contributed by atoms with Gasteiger partial charge in [0, 0.05) is 24.5 Å². The molecule has 1 N–H and O–H groups in total. The summed E-state index contributed by atoms with van der Waals surface area (Å²) in [7, 11) is -0.251. The zero-order chi connectivity index (χ0) is 23.8. The molecule has 7 nitrogen and oxygen atoms in total. The van der Waals surface area contributed by atoms with Crippen LogP contribution in [0.2, 0.25) is 0 Å².